The number of aliphatic hydroxyl groups excluding tert-OH is 1. The fourth-order valence-electron chi connectivity index (χ4n) is 2.03. The Kier molecular flexibility index (Phi) is 4.48. The lowest BCUT2D eigenvalue weighted by Crippen LogP contribution is -2.12. The largest absolute Gasteiger partial charge is 0.388 e. The van der Waals surface area contributed by atoms with Crippen molar-refractivity contribution in [2.45, 2.75) is 18.9 Å². The zero-order valence-corrected chi connectivity index (χ0v) is 10.9. The zero-order chi connectivity index (χ0) is 14.5. The summed E-state index contributed by atoms with van der Waals surface area (Å²) >= 11 is 0. The predicted molar refractivity (Wildman–Crippen MR) is 75.2 cm³/mol. The lowest BCUT2D eigenvalue weighted by molar-refractivity contribution is -0.118. The minimum atomic E-state index is -0.739. The zero-order valence-electron chi connectivity index (χ0n) is 10.9. The Labute approximate surface area is 116 Å². The van der Waals surface area contributed by atoms with Crippen molar-refractivity contribution >= 4 is 5.91 Å². The maximum Gasteiger partial charge on any atom is 0.217 e. The Morgan fingerprint density at radius 1 is 1.15 bits per heavy atom. The molecule has 1 atom stereocenters. The number of carbonyl (C=O) groups is 1. The van der Waals surface area contributed by atoms with E-state index in [1.807, 2.05) is 0 Å². The molecule has 0 saturated heterocycles. The maximum absolute atomic E-state index is 13.6. The molecule has 0 aliphatic heterocycles. The molecule has 0 bridgehead atoms. The summed E-state index contributed by atoms with van der Waals surface area (Å²) in [5, 5.41) is 9.90. The summed E-state index contributed by atoms with van der Waals surface area (Å²) in [6.45, 7) is 0. The van der Waals surface area contributed by atoms with E-state index in [1.165, 1.54) is 6.07 Å². The van der Waals surface area contributed by atoms with E-state index in [0.717, 1.165) is 5.56 Å². The molecule has 1 unspecified atom stereocenters. The monoisotopic (exact) mass is 273 g/mol. The fourth-order valence-corrected chi connectivity index (χ4v) is 2.03. The number of halogens is 1. The second-order valence-corrected chi connectivity index (χ2v) is 4.62. The molecule has 3 nitrogen and oxygen atoms in total. The van der Waals surface area contributed by atoms with Gasteiger partial charge in [-0.3, -0.25) is 4.79 Å². The van der Waals surface area contributed by atoms with E-state index in [1.54, 1.807) is 42.5 Å². The number of hydrogen-bond donors (Lipinski definition) is 2. The summed E-state index contributed by atoms with van der Waals surface area (Å²) in [6.07, 6.45) is -0.317. The van der Waals surface area contributed by atoms with Crippen LogP contribution in [0.3, 0.4) is 0 Å². The van der Waals surface area contributed by atoms with Gasteiger partial charge >= 0.3 is 0 Å². The third-order valence-electron chi connectivity index (χ3n) is 3.14. The van der Waals surface area contributed by atoms with Crippen molar-refractivity contribution in [1.29, 1.82) is 0 Å². The average molecular weight is 273 g/mol. The molecule has 0 radical (unpaired) electrons. The van der Waals surface area contributed by atoms with Crippen molar-refractivity contribution in [3.8, 4) is 11.1 Å². The molecule has 20 heavy (non-hydrogen) atoms. The molecule has 2 aromatic carbocycles. The van der Waals surface area contributed by atoms with Gasteiger partial charge in [-0.05, 0) is 23.6 Å². The summed E-state index contributed by atoms with van der Waals surface area (Å²) < 4.78 is 13.6. The Hall–Kier alpha value is -2.20. The van der Waals surface area contributed by atoms with Crippen LogP contribution in [0.5, 0.6) is 0 Å². The van der Waals surface area contributed by atoms with Crippen LogP contribution in [0.1, 0.15) is 24.5 Å². The second kappa shape index (κ2) is 6.30. The van der Waals surface area contributed by atoms with Crippen molar-refractivity contribution in [3.05, 3.63) is 59.9 Å². The topological polar surface area (TPSA) is 63.3 Å². The number of benzene rings is 2. The van der Waals surface area contributed by atoms with Crippen molar-refractivity contribution in [2.75, 3.05) is 0 Å². The first-order valence-electron chi connectivity index (χ1n) is 6.39. The third kappa shape index (κ3) is 3.42. The maximum atomic E-state index is 13.6. The number of hydrogen-bond acceptors (Lipinski definition) is 2. The van der Waals surface area contributed by atoms with Crippen LogP contribution < -0.4 is 5.73 Å². The highest BCUT2D eigenvalue weighted by Gasteiger charge is 2.10. The first kappa shape index (κ1) is 14.2. The molecule has 0 heterocycles. The van der Waals surface area contributed by atoms with Gasteiger partial charge in [-0.25, -0.2) is 4.39 Å². The average Bonchev–Trinajstić information content (AvgIpc) is 2.45. The van der Waals surface area contributed by atoms with Gasteiger partial charge in [0.25, 0.3) is 0 Å². The van der Waals surface area contributed by atoms with Gasteiger partial charge in [-0.15, -0.1) is 0 Å². The molecule has 2 aromatic rings. The Morgan fingerprint density at radius 3 is 2.40 bits per heavy atom. The van der Waals surface area contributed by atoms with Crippen molar-refractivity contribution < 1.29 is 14.3 Å². The highest BCUT2D eigenvalue weighted by atomic mass is 19.1. The predicted octanol–water partition coefficient (Wildman–Crippen LogP) is 2.79. The first-order chi connectivity index (χ1) is 9.58. The third-order valence-corrected chi connectivity index (χ3v) is 3.14. The Balaban J connectivity index is 2.14. The van der Waals surface area contributed by atoms with Gasteiger partial charge in [-0.2, -0.15) is 0 Å². The van der Waals surface area contributed by atoms with Crippen LogP contribution in [0, 0.1) is 5.82 Å². The first-order valence-corrected chi connectivity index (χ1v) is 6.39. The van der Waals surface area contributed by atoms with E-state index in [2.05, 4.69) is 0 Å². The molecule has 2 rings (SSSR count). The highest BCUT2D eigenvalue weighted by molar-refractivity contribution is 5.73. The lowest BCUT2D eigenvalue weighted by Gasteiger charge is -2.11. The van der Waals surface area contributed by atoms with E-state index < -0.39 is 12.0 Å². The van der Waals surface area contributed by atoms with Crippen molar-refractivity contribution in [3.63, 3.8) is 0 Å². The van der Waals surface area contributed by atoms with Crippen LogP contribution in [0.4, 0.5) is 4.39 Å². The number of rotatable bonds is 5. The van der Waals surface area contributed by atoms with E-state index >= 15 is 0 Å². The van der Waals surface area contributed by atoms with E-state index in [0.29, 0.717) is 11.1 Å². The van der Waals surface area contributed by atoms with Crippen LogP contribution in [0.2, 0.25) is 0 Å². The van der Waals surface area contributed by atoms with Gasteiger partial charge in [0.15, 0.2) is 0 Å². The number of primary amides is 1. The normalized spacial score (nSPS) is 12.1. The summed E-state index contributed by atoms with van der Waals surface area (Å²) in [5.74, 6) is -0.721. The fraction of sp³-hybridized carbons (Fsp3) is 0.188. The summed E-state index contributed by atoms with van der Waals surface area (Å²) in [7, 11) is 0. The molecule has 0 fully saturated rings. The van der Waals surface area contributed by atoms with Gasteiger partial charge in [0.1, 0.15) is 5.82 Å². The molecule has 1 amide bonds. The minimum absolute atomic E-state index is 0.135. The molecule has 104 valence electrons. The van der Waals surface area contributed by atoms with Crippen LogP contribution in [-0.2, 0) is 4.79 Å². The molecular formula is C16H16FNO2. The van der Waals surface area contributed by atoms with Gasteiger partial charge in [0, 0.05) is 12.0 Å². The van der Waals surface area contributed by atoms with E-state index in [-0.39, 0.29) is 18.7 Å². The number of amides is 1. The van der Waals surface area contributed by atoms with Crippen molar-refractivity contribution in [1.82, 2.24) is 0 Å². The molecule has 0 spiro atoms. The van der Waals surface area contributed by atoms with E-state index in [9.17, 15) is 14.3 Å². The molecule has 0 saturated carbocycles. The van der Waals surface area contributed by atoms with Gasteiger partial charge in [0.05, 0.1) is 6.10 Å². The Morgan fingerprint density at radius 2 is 1.80 bits per heavy atom. The molecular weight excluding hydrogens is 257 g/mol. The van der Waals surface area contributed by atoms with Crippen LogP contribution in [0.15, 0.2) is 48.5 Å². The molecule has 0 aromatic heterocycles. The van der Waals surface area contributed by atoms with Crippen LogP contribution >= 0.6 is 0 Å². The smallest absolute Gasteiger partial charge is 0.217 e. The second-order valence-electron chi connectivity index (χ2n) is 4.62. The molecule has 0 aliphatic rings. The standard InChI is InChI=1S/C16H16FNO2/c17-14-4-2-1-3-13(14)11-5-7-12(8-6-11)15(19)9-10-16(18)20/h1-8,15,19H,9-10H2,(H2,18,20). The SMILES string of the molecule is NC(=O)CCC(O)c1ccc(-c2ccccc2F)cc1. The van der Waals surface area contributed by atoms with Gasteiger partial charge < -0.3 is 10.8 Å². The molecule has 4 heteroatoms. The molecule has 3 N–H and O–H groups in total. The molecule has 0 aliphatic carbocycles. The number of carbonyl (C=O) groups excluding carboxylic acids is 1. The summed E-state index contributed by atoms with van der Waals surface area (Å²) in [5.41, 5.74) is 6.99. The van der Waals surface area contributed by atoms with Gasteiger partial charge in [0.2, 0.25) is 5.91 Å². The Bertz CT molecular complexity index is 596. The number of aliphatic hydroxyl groups is 1. The number of nitrogens with two attached hydrogens (primary N) is 1. The van der Waals surface area contributed by atoms with Crippen LogP contribution in [0.25, 0.3) is 11.1 Å². The lowest BCUT2D eigenvalue weighted by atomic mass is 9.99. The van der Waals surface area contributed by atoms with Gasteiger partial charge in [-0.1, -0.05) is 42.5 Å². The van der Waals surface area contributed by atoms with Crippen molar-refractivity contribution in [2.24, 2.45) is 5.73 Å². The summed E-state index contributed by atoms with van der Waals surface area (Å²) in [4.78, 5) is 10.7. The minimum Gasteiger partial charge on any atom is -0.388 e. The van der Waals surface area contributed by atoms with E-state index in [4.69, 9.17) is 5.73 Å². The quantitative estimate of drug-likeness (QED) is 0.879. The summed E-state index contributed by atoms with van der Waals surface area (Å²) in [6, 6.07) is 13.5. The highest BCUT2D eigenvalue weighted by Crippen LogP contribution is 2.25. The van der Waals surface area contributed by atoms with Crippen LogP contribution in [-0.4, -0.2) is 11.0 Å².